The Labute approximate surface area is 61.8 Å². The molecule has 0 aromatic rings. The Kier molecular flexibility index (Phi) is 8.70. The molecule has 0 unspecified atom stereocenters. The SMILES string of the molecule is CCCONNOCCC. The van der Waals surface area contributed by atoms with E-state index in [0.29, 0.717) is 13.2 Å². The Morgan fingerprint density at radius 3 is 1.60 bits per heavy atom. The molecule has 0 saturated heterocycles. The second-order valence-corrected chi connectivity index (χ2v) is 1.90. The van der Waals surface area contributed by atoms with Crippen LogP contribution in [0.5, 0.6) is 0 Å². The molecule has 0 bridgehead atoms. The summed E-state index contributed by atoms with van der Waals surface area (Å²) in [7, 11) is 0. The highest BCUT2D eigenvalue weighted by atomic mass is 16.8. The first-order valence-corrected chi connectivity index (χ1v) is 3.65. The number of hydrogen-bond acceptors (Lipinski definition) is 4. The molecule has 0 rings (SSSR count). The normalized spacial score (nSPS) is 10.2. The van der Waals surface area contributed by atoms with Gasteiger partial charge in [-0.05, 0) is 12.8 Å². The van der Waals surface area contributed by atoms with Gasteiger partial charge < -0.3 is 0 Å². The number of rotatable bonds is 7. The molecule has 2 N–H and O–H groups in total. The minimum Gasteiger partial charge on any atom is -0.285 e. The van der Waals surface area contributed by atoms with Crippen LogP contribution in [0.25, 0.3) is 0 Å². The second-order valence-electron chi connectivity index (χ2n) is 1.90. The summed E-state index contributed by atoms with van der Waals surface area (Å²) in [5.74, 6) is 0. The van der Waals surface area contributed by atoms with Crippen molar-refractivity contribution in [3.8, 4) is 0 Å². The molecule has 4 nitrogen and oxygen atoms in total. The van der Waals surface area contributed by atoms with Crippen molar-refractivity contribution in [3.05, 3.63) is 0 Å². The van der Waals surface area contributed by atoms with Gasteiger partial charge in [-0.2, -0.15) is 0 Å². The zero-order chi connectivity index (χ0) is 7.66. The maximum atomic E-state index is 4.84. The molecule has 0 aliphatic rings. The van der Waals surface area contributed by atoms with Gasteiger partial charge >= 0.3 is 0 Å². The van der Waals surface area contributed by atoms with Gasteiger partial charge in [-0.3, -0.25) is 9.68 Å². The van der Waals surface area contributed by atoms with E-state index in [2.05, 4.69) is 11.2 Å². The molecule has 4 heteroatoms. The second kappa shape index (κ2) is 8.84. The summed E-state index contributed by atoms with van der Waals surface area (Å²) in [6, 6.07) is 0. The highest BCUT2D eigenvalue weighted by molar-refractivity contribution is 4.18. The van der Waals surface area contributed by atoms with Gasteiger partial charge in [-0.1, -0.05) is 13.8 Å². The van der Waals surface area contributed by atoms with E-state index in [0.717, 1.165) is 12.8 Å². The zero-order valence-electron chi connectivity index (χ0n) is 6.64. The third kappa shape index (κ3) is 7.84. The van der Waals surface area contributed by atoms with Crippen LogP contribution >= 0.6 is 0 Å². The molecule has 0 spiro atoms. The summed E-state index contributed by atoms with van der Waals surface area (Å²) in [5.41, 5.74) is 4.90. The first kappa shape index (κ1) is 9.84. The highest BCUT2D eigenvalue weighted by Gasteiger charge is 1.82. The van der Waals surface area contributed by atoms with Crippen LogP contribution in [-0.4, -0.2) is 13.2 Å². The minimum atomic E-state index is 0.683. The first-order valence-electron chi connectivity index (χ1n) is 3.65. The van der Waals surface area contributed by atoms with E-state index in [1.165, 1.54) is 0 Å². The van der Waals surface area contributed by atoms with Crippen molar-refractivity contribution in [3.63, 3.8) is 0 Å². The topological polar surface area (TPSA) is 42.5 Å². The quantitative estimate of drug-likeness (QED) is 0.413. The van der Waals surface area contributed by atoms with Crippen LogP contribution in [0.2, 0.25) is 0 Å². The third-order valence-electron chi connectivity index (χ3n) is 0.798. The Hall–Kier alpha value is -0.160. The molecule has 0 aromatic carbocycles. The zero-order valence-corrected chi connectivity index (χ0v) is 6.64. The van der Waals surface area contributed by atoms with E-state index in [1.54, 1.807) is 0 Å². The Morgan fingerprint density at radius 2 is 1.30 bits per heavy atom. The Morgan fingerprint density at radius 1 is 0.900 bits per heavy atom. The largest absolute Gasteiger partial charge is 0.285 e. The lowest BCUT2D eigenvalue weighted by Gasteiger charge is -2.04. The molecule has 10 heavy (non-hydrogen) atoms. The molecule has 62 valence electrons. The van der Waals surface area contributed by atoms with Gasteiger partial charge in [0.25, 0.3) is 0 Å². The highest BCUT2D eigenvalue weighted by Crippen LogP contribution is 1.74. The molecule has 0 saturated carbocycles. The molecular formula is C6H16N2O2. The van der Waals surface area contributed by atoms with Crippen molar-refractivity contribution < 1.29 is 9.68 Å². The minimum absolute atomic E-state index is 0.683. The molecule has 0 aliphatic carbocycles. The van der Waals surface area contributed by atoms with Crippen molar-refractivity contribution >= 4 is 0 Å². The lowest BCUT2D eigenvalue weighted by Crippen LogP contribution is -2.32. The smallest absolute Gasteiger partial charge is 0.0696 e. The lowest BCUT2D eigenvalue weighted by molar-refractivity contribution is -0.108. The van der Waals surface area contributed by atoms with Crippen LogP contribution in [0.4, 0.5) is 0 Å². The van der Waals surface area contributed by atoms with E-state index in [4.69, 9.17) is 9.68 Å². The number of hydrazine groups is 1. The number of hydrogen-bond donors (Lipinski definition) is 2. The maximum absolute atomic E-state index is 4.84. The van der Waals surface area contributed by atoms with Crippen molar-refractivity contribution in [1.82, 2.24) is 11.2 Å². The van der Waals surface area contributed by atoms with Crippen molar-refractivity contribution in [2.45, 2.75) is 26.7 Å². The fourth-order valence-corrected chi connectivity index (χ4v) is 0.365. The molecule has 0 atom stereocenters. The molecule has 0 heterocycles. The average Bonchev–Trinajstić information content (AvgIpc) is 1.97. The molecule has 0 amide bonds. The third-order valence-corrected chi connectivity index (χ3v) is 0.798. The molecule has 0 fully saturated rings. The van der Waals surface area contributed by atoms with E-state index in [-0.39, 0.29) is 0 Å². The van der Waals surface area contributed by atoms with Gasteiger partial charge in [-0.15, -0.1) is 11.2 Å². The van der Waals surface area contributed by atoms with E-state index >= 15 is 0 Å². The summed E-state index contributed by atoms with van der Waals surface area (Å²) in [4.78, 5) is 9.69. The summed E-state index contributed by atoms with van der Waals surface area (Å²) < 4.78 is 0. The Balaban J connectivity index is 2.65. The fourth-order valence-electron chi connectivity index (χ4n) is 0.365. The molecule has 0 aromatic heterocycles. The maximum Gasteiger partial charge on any atom is 0.0696 e. The van der Waals surface area contributed by atoms with Crippen LogP contribution in [0.15, 0.2) is 0 Å². The first-order chi connectivity index (χ1) is 4.91. The van der Waals surface area contributed by atoms with Crippen LogP contribution in [0, 0.1) is 0 Å². The lowest BCUT2D eigenvalue weighted by atomic mass is 10.5. The van der Waals surface area contributed by atoms with Gasteiger partial charge in [0, 0.05) is 0 Å². The molecular weight excluding hydrogens is 132 g/mol. The van der Waals surface area contributed by atoms with E-state index < -0.39 is 0 Å². The van der Waals surface area contributed by atoms with Crippen molar-refractivity contribution in [2.24, 2.45) is 0 Å². The van der Waals surface area contributed by atoms with Crippen molar-refractivity contribution in [2.75, 3.05) is 13.2 Å². The van der Waals surface area contributed by atoms with E-state index in [9.17, 15) is 0 Å². The summed E-state index contributed by atoms with van der Waals surface area (Å²) in [5, 5.41) is 0. The van der Waals surface area contributed by atoms with Gasteiger partial charge in [0.1, 0.15) is 0 Å². The average molecular weight is 148 g/mol. The van der Waals surface area contributed by atoms with Crippen LogP contribution in [0.1, 0.15) is 26.7 Å². The summed E-state index contributed by atoms with van der Waals surface area (Å²) in [6.45, 7) is 5.44. The Bertz CT molecular complexity index is 53.7. The monoisotopic (exact) mass is 148 g/mol. The van der Waals surface area contributed by atoms with Crippen LogP contribution in [0.3, 0.4) is 0 Å². The molecule has 0 aliphatic heterocycles. The summed E-state index contributed by atoms with van der Waals surface area (Å²) in [6.07, 6.45) is 1.98. The van der Waals surface area contributed by atoms with Gasteiger partial charge in [0.05, 0.1) is 13.2 Å². The predicted octanol–water partition coefficient (Wildman–Crippen LogP) is 0.764. The van der Waals surface area contributed by atoms with Gasteiger partial charge in [0.15, 0.2) is 0 Å². The van der Waals surface area contributed by atoms with Gasteiger partial charge in [0.2, 0.25) is 0 Å². The standard InChI is InChI=1S/C6H16N2O2/c1-3-5-9-7-8-10-6-4-2/h7-8H,3-6H2,1-2H3. The summed E-state index contributed by atoms with van der Waals surface area (Å²) >= 11 is 0. The van der Waals surface area contributed by atoms with Crippen LogP contribution < -0.4 is 11.2 Å². The predicted molar refractivity (Wildman–Crippen MR) is 38.8 cm³/mol. The van der Waals surface area contributed by atoms with E-state index in [1.807, 2.05) is 13.8 Å². The van der Waals surface area contributed by atoms with Gasteiger partial charge in [-0.25, -0.2) is 0 Å². The van der Waals surface area contributed by atoms with Crippen molar-refractivity contribution in [1.29, 1.82) is 0 Å². The van der Waals surface area contributed by atoms with Crippen LogP contribution in [-0.2, 0) is 9.68 Å². The fraction of sp³-hybridized carbons (Fsp3) is 1.00. The number of nitrogens with one attached hydrogen (secondary N) is 2. The molecule has 0 radical (unpaired) electrons.